The second-order valence-corrected chi connectivity index (χ2v) is 7.77. The van der Waals surface area contributed by atoms with Crippen molar-refractivity contribution < 1.29 is 18.8 Å². The molecule has 7 nitrogen and oxygen atoms in total. The fourth-order valence-electron chi connectivity index (χ4n) is 3.81. The molecule has 0 spiro atoms. The van der Waals surface area contributed by atoms with Gasteiger partial charge in [0.1, 0.15) is 18.1 Å². The SMILES string of the molecule is O=C(CN1C(=O)N/C(=C\c2cccn2-c2ccc3ccccc3c2)C1=O)Nc1ccc(F)cc1. The van der Waals surface area contributed by atoms with Crippen LogP contribution in [0.5, 0.6) is 0 Å². The lowest BCUT2D eigenvalue weighted by atomic mass is 10.1. The summed E-state index contributed by atoms with van der Waals surface area (Å²) in [5.41, 5.74) is 2.03. The molecule has 5 rings (SSSR count). The predicted molar refractivity (Wildman–Crippen MR) is 127 cm³/mol. The summed E-state index contributed by atoms with van der Waals surface area (Å²) >= 11 is 0. The summed E-state index contributed by atoms with van der Waals surface area (Å²) in [7, 11) is 0. The Balaban J connectivity index is 1.34. The molecule has 1 saturated heterocycles. The molecule has 168 valence electrons. The Morgan fingerprint density at radius 3 is 2.50 bits per heavy atom. The molecule has 4 amide bonds. The smallest absolute Gasteiger partial charge is 0.325 e. The standard InChI is InChI=1S/C26H19FN4O3/c27-19-8-10-20(11-9-19)28-24(32)16-31-25(33)23(29-26(31)34)15-21-6-3-13-30(21)22-12-7-17-4-1-2-5-18(17)14-22/h1-15H,16H2,(H,28,32)(H,29,34)/b23-15-. The molecular weight excluding hydrogens is 435 g/mol. The fraction of sp³-hybridized carbons (Fsp3) is 0.0385. The minimum atomic E-state index is -0.686. The van der Waals surface area contributed by atoms with E-state index < -0.39 is 30.2 Å². The van der Waals surface area contributed by atoms with Gasteiger partial charge in [-0.3, -0.25) is 9.59 Å². The summed E-state index contributed by atoms with van der Waals surface area (Å²) in [6.07, 6.45) is 3.44. The first-order valence-electron chi connectivity index (χ1n) is 10.5. The van der Waals surface area contributed by atoms with E-state index in [4.69, 9.17) is 0 Å². The zero-order chi connectivity index (χ0) is 23.7. The molecule has 0 radical (unpaired) electrons. The van der Waals surface area contributed by atoms with Gasteiger partial charge < -0.3 is 15.2 Å². The summed E-state index contributed by atoms with van der Waals surface area (Å²) in [5.74, 6) is -1.61. The summed E-state index contributed by atoms with van der Waals surface area (Å²) in [6.45, 7) is -0.467. The third kappa shape index (κ3) is 4.16. The van der Waals surface area contributed by atoms with Crippen LogP contribution in [0.25, 0.3) is 22.5 Å². The highest BCUT2D eigenvalue weighted by atomic mass is 19.1. The third-order valence-corrected chi connectivity index (χ3v) is 5.48. The highest BCUT2D eigenvalue weighted by Crippen LogP contribution is 2.22. The molecule has 0 bridgehead atoms. The van der Waals surface area contributed by atoms with Gasteiger partial charge in [-0.15, -0.1) is 0 Å². The summed E-state index contributed by atoms with van der Waals surface area (Å²) < 4.78 is 14.9. The van der Waals surface area contributed by atoms with Crippen molar-refractivity contribution in [3.05, 3.63) is 102 Å². The van der Waals surface area contributed by atoms with Gasteiger partial charge in [0.05, 0.1) is 0 Å². The number of carbonyl (C=O) groups excluding carboxylic acids is 3. The van der Waals surface area contributed by atoms with Gasteiger partial charge in [-0.1, -0.05) is 30.3 Å². The Kier molecular flexibility index (Phi) is 5.39. The van der Waals surface area contributed by atoms with Crippen molar-refractivity contribution in [3.8, 4) is 5.69 Å². The number of amides is 4. The first-order chi connectivity index (χ1) is 16.5. The molecule has 2 N–H and O–H groups in total. The van der Waals surface area contributed by atoms with Crippen LogP contribution in [0.15, 0.2) is 90.8 Å². The summed E-state index contributed by atoms with van der Waals surface area (Å²) in [5, 5.41) is 7.27. The van der Waals surface area contributed by atoms with Gasteiger partial charge in [-0.25, -0.2) is 14.1 Å². The lowest BCUT2D eigenvalue weighted by Gasteiger charge is -2.12. The number of aromatic nitrogens is 1. The molecule has 2 heterocycles. The summed E-state index contributed by atoms with van der Waals surface area (Å²) in [4.78, 5) is 38.3. The van der Waals surface area contributed by atoms with E-state index in [1.165, 1.54) is 24.3 Å². The molecule has 0 atom stereocenters. The van der Waals surface area contributed by atoms with Gasteiger partial charge in [0.25, 0.3) is 5.91 Å². The van der Waals surface area contributed by atoms with Gasteiger partial charge in [0, 0.05) is 23.3 Å². The van der Waals surface area contributed by atoms with E-state index in [1.54, 1.807) is 6.08 Å². The van der Waals surface area contributed by atoms with E-state index in [1.807, 2.05) is 65.4 Å². The Labute approximate surface area is 194 Å². The normalized spacial score (nSPS) is 14.6. The lowest BCUT2D eigenvalue weighted by Crippen LogP contribution is -2.38. The molecule has 4 aromatic rings. The number of imide groups is 1. The largest absolute Gasteiger partial charge is 0.329 e. The van der Waals surface area contributed by atoms with Gasteiger partial charge in [0.15, 0.2) is 0 Å². The number of benzene rings is 3. The van der Waals surface area contributed by atoms with E-state index in [0.717, 1.165) is 21.4 Å². The number of halogens is 1. The van der Waals surface area contributed by atoms with Crippen LogP contribution in [0.2, 0.25) is 0 Å². The predicted octanol–water partition coefficient (Wildman–Crippen LogP) is 4.30. The van der Waals surface area contributed by atoms with Gasteiger partial charge in [0.2, 0.25) is 5.91 Å². The highest BCUT2D eigenvalue weighted by Gasteiger charge is 2.35. The quantitative estimate of drug-likeness (QED) is 0.348. The number of hydrogen-bond donors (Lipinski definition) is 2. The van der Waals surface area contributed by atoms with Crippen molar-refractivity contribution in [2.75, 3.05) is 11.9 Å². The van der Waals surface area contributed by atoms with E-state index in [9.17, 15) is 18.8 Å². The Hall–Kier alpha value is -4.72. The fourth-order valence-corrected chi connectivity index (χ4v) is 3.81. The van der Waals surface area contributed by atoms with Crippen molar-refractivity contribution in [3.63, 3.8) is 0 Å². The van der Waals surface area contributed by atoms with Crippen LogP contribution >= 0.6 is 0 Å². The molecule has 0 aliphatic carbocycles. The second-order valence-electron chi connectivity index (χ2n) is 7.77. The maximum atomic E-state index is 13.0. The summed E-state index contributed by atoms with van der Waals surface area (Å²) in [6, 6.07) is 22.2. The van der Waals surface area contributed by atoms with E-state index in [0.29, 0.717) is 11.4 Å². The van der Waals surface area contributed by atoms with Crippen LogP contribution in [-0.2, 0) is 9.59 Å². The number of rotatable bonds is 5. The number of fused-ring (bicyclic) bond motifs is 1. The Morgan fingerprint density at radius 1 is 0.941 bits per heavy atom. The van der Waals surface area contributed by atoms with Crippen LogP contribution in [0.3, 0.4) is 0 Å². The van der Waals surface area contributed by atoms with E-state index >= 15 is 0 Å². The van der Waals surface area contributed by atoms with Crippen molar-refractivity contribution in [2.24, 2.45) is 0 Å². The maximum absolute atomic E-state index is 13.0. The van der Waals surface area contributed by atoms with Crippen LogP contribution in [0.4, 0.5) is 14.9 Å². The topological polar surface area (TPSA) is 83.4 Å². The van der Waals surface area contributed by atoms with Crippen LogP contribution < -0.4 is 10.6 Å². The highest BCUT2D eigenvalue weighted by molar-refractivity contribution is 6.15. The Morgan fingerprint density at radius 2 is 1.71 bits per heavy atom. The number of anilines is 1. The molecule has 1 fully saturated rings. The van der Waals surface area contributed by atoms with E-state index in [-0.39, 0.29) is 5.70 Å². The number of urea groups is 1. The van der Waals surface area contributed by atoms with E-state index in [2.05, 4.69) is 10.6 Å². The molecule has 8 heteroatoms. The molecule has 0 unspecified atom stereocenters. The average molecular weight is 454 g/mol. The molecule has 1 aromatic heterocycles. The average Bonchev–Trinajstić information content (AvgIpc) is 3.40. The van der Waals surface area contributed by atoms with Crippen molar-refractivity contribution in [2.45, 2.75) is 0 Å². The third-order valence-electron chi connectivity index (χ3n) is 5.48. The van der Waals surface area contributed by atoms with Crippen molar-refractivity contribution in [1.29, 1.82) is 0 Å². The van der Waals surface area contributed by atoms with Crippen molar-refractivity contribution in [1.82, 2.24) is 14.8 Å². The minimum absolute atomic E-state index is 0.0697. The van der Waals surface area contributed by atoms with Gasteiger partial charge >= 0.3 is 6.03 Å². The first-order valence-corrected chi connectivity index (χ1v) is 10.5. The van der Waals surface area contributed by atoms with Crippen LogP contribution in [0, 0.1) is 5.82 Å². The molecule has 1 aliphatic heterocycles. The lowest BCUT2D eigenvalue weighted by molar-refractivity contribution is -0.127. The maximum Gasteiger partial charge on any atom is 0.329 e. The van der Waals surface area contributed by atoms with Crippen LogP contribution in [0.1, 0.15) is 5.69 Å². The monoisotopic (exact) mass is 454 g/mol. The number of nitrogens with zero attached hydrogens (tertiary/aromatic N) is 2. The molecular formula is C26H19FN4O3. The Bertz CT molecular complexity index is 1460. The van der Waals surface area contributed by atoms with Gasteiger partial charge in [-0.05, 0) is 65.4 Å². The number of hydrogen-bond acceptors (Lipinski definition) is 3. The number of nitrogens with one attached hydrogen (secondary N) is 2. The first kappa shape index (κ1) is 21.1. The molecule has 3 aromatic carbocycles. The minimum Gasteiger partial charge on any atom is -0.325 e. The van der Waals surface area contributed by atoms with Gasteiger partial charge in [-0.2, -0.15) is 0 Å². The zero-order valence-corrected chi connectivity index (χ0v) is 17.9. The second kappa shape index (κ2) is 8.67. The molecule has 0 saturated carbocycles. The zero-order valence-electron chi connectivity index (χ0n) is 17.9. The van der Waals surface area contributed by atoms with Crippen LogP contribution in [-0.4, -0.2) is 33.9 Å². The number of carbonyl (C=O) groups is 3. The molecule has 34 heavy (non-hydrogen) atoms. The van der Waals surface area contributed by atoms with Crippen molar-refractivity contribution >= 4 is 40.4 Å². The molecule has 1 aliphatic rings.